The van der Waals surface area contributed by atoms with Crippen LogP contribution in [0.2, 0.25) is 5.02 Å². The van der Waals surface area contributed by atoms with Crippen LogP contribution in [-0.2, 0) is 0 Å². The third-order valence-electron chi connectivity index (χ3n) is 2.63. The van der Waals surface area contributed by atoms with Crippen molar-refractivity contribution in [2.75, 3.05) is 11.1 Å². The number of hydrogen-bond acceptors (Lipinski definition) is 2. The lowest BCUT2D eigenvalue weighted by Crippen LogP contribution is -2.14. The van der Waals surface area contributed by atoms with Gasteiger partial charge in [0.2, 0.25) is 0 Å². The van der Waals surface area contributed by atoms with E-state index in [1.807, 2.05) is 25.1 Å². The standard InChI is InChI=1S/C14H12BrClN2O/c1-8-2-4-11(15)13(6-8)18-14(19)10-7-9(16)3-5-12(10)17/h2-7H,17H2,1H3,(H,18,19). The zero-order valence-electron chi connectivity index (χ0n) is 10.2. The summed E-state index contributed by atoms with van der Waals surface area (Å²) in [6, 6.07) is 10.5. The predicted octanol–water partition coefficient (Wildman–Crippen LogP) is 4.25. The van der Waals surface area contributed by atoms with Crippen molar-refractivity contribution in [1.29, 1.82) is 0 Å². The van der Waals surface area contributed by atoms with Crippen molar-refractivity contribution >= 4 is 44.8 Å². The van der Waals surface area contributed by atoms with Gasteiger partial charge in [-0.2, -0.15) is 0 Å². The lowest BCUT2D eigenvalue weighted by atomic mass is 10.1. The second-order valence-electron chi connectivity index (χ2n) is 4.17. The third-order valence-corrected chi connectivity index (χ3v) is 3.56. The van der Waals surface area contributed by atoms with Crippen LogP contribution in [0.15, 0.2) is 40.9 Å². The summed E-state index contributed by atoms with van der Waals surface area (Å²) >= 11 is 9.27. The fourth-order valence-electron chi connectivity index (χ4n) is 1.65. The Hall–Kier alpha value is -1.52. The maximum Gasteiger partial charge on any atom is 0.257 e. The van der Waals surface area contributed by atoms with E-state index in [2.05, 4.69) is 21.2 Å². The van der Waals surface area contributed by atoms with Gasteiger partial charge in [-0.3, -0.25) is 4.79 Å². The van der Waals surface area contributed by atoms with E-state index in [1.54, 1.807) is 18.2 Å². The van der Waals surface area contributed by atoms with Crippen molar-refractivity contribution in [2.24, 2.45) is 0 Å². The van der Waals surface area contributed by atoms with Crippen LogP contribution in [0.5, 0.6) is 0 Å². The van der Waals surface area contributed by atoms with Crippen molar-refractivity contribution in [3.8, 4) is 0 Å². The Morgan fingerprint density at radius 1 is 1.26 bits per heavy atom. The fraction of sp³-hybridized carbons (Fsp3) is 0.0714. The molecule has 0 bridgehead atoms. The number of nitrogen functional groups attached to an aromatic ring is 1. The van der Waals surface area contributed by atoms with Gasteiger partial charge in [-0.15, -0.1) is 0 Å². The number of nitrogens with two attached hydrogens (primary N) is 1. The van der Waals surface area contributed by atoms with Gasteiger partial charge in [0.05, 0.1) is 11.3 Å². The molecule has 0 radical (unpaired) electrons. The molecule has 2 aromatic rings. The number of aryl methyl sites for hydroxylation is 1. The summed E-state index contributed by atoms with van der Waals surface area (Å²) in [4.78, 5) is 12.2. The van der Waals surface area contributed by atoms with E-state index in [9.17, 15) is 4.79 Å². The number of amides is 1. The average Bonchev–Trinajstić information content (AvgIpc) is 2.36. The van der Waals surface area contributed by atoms with Gasteiger partial charge < -0.3 is 11.1 Å². The fourth-order valence-corrected chi connectivity index (χ4v) is 2.17. The summed E-state index contributed by atoms with van der Waals surface area (Å²) in [7, 11) is 0. The first-order valence-corrected chi connectivity index (χ1v) is 6.77. The Balaban J connectivity index is 2.30. The van der Waals surface area contributed by atoms with Gasteiger partial charge in [0, 0.05) is 15.2 Å². The number of nitrogens with one attached hydrogen (secondary N) is 1. The van der Waals surface area contributed by atoms with Gasteiger partial charge in [-0.05, 0) is 58.7 Å². The van der Waals surface area contributed by atoms with Crippen molar-refractivity contribution in [3.05, 3.63) is 57.0 Å². The van der Waals surface area contributed by atoms with E-state index in [0.29, 0.717) is 22.0 Å². The van der Waals surface area contributed by atoms with Crippen LogP contribution in [-0.4, -0.2) is 5.91 Å². The Kier molecular flexibility index (Phi) is 4.12. The molecule has 0 aliphatic rings. The Morgan fingerprint density at radius 2 is 2.00 bits per heavy atom. The highest BCUT2D eigenvalue weighted by Crippen LogP contribution is 2.25. The minimum absolute atomic E-state index is 0.286. The molecule has 2 rings (SSSR count). The van der Waals surface area contributed by atoms with Crippen LogP contribution >= 0.6 is 27.5 Å². The first-order chi connectivity index (χ1) is 8.97. The molecule has 3 nitrogen and oxygen atoms in total. The van der Waals surface area contributed by atoms with Crippen molar-refractivity contribution in [2.45, 2.75) is 6.92 Å². The number of carbonyl (C=O) groups excluding carboxylic acids is 1. The molecule has 0 saturated heterocycles. The highest BCUT2D eigenvalue weighted by atomic mass is 79.9. The van der Waals surface area contributed by atoms with E-state index in [4.69, 9.17) is 17.3 Å². The summed E-state index contributed by atoms with van der Waals surface area (Å²) in [5.41, 5.74) is 8.29. The molecule has 2 aromatic carbocycles. The van der Waals surface area contributed by atoms with Gasteiger partial charge in [0.15, 0.2) is 0 Å². The van der Waals surface area contributed by atoms with Crippen LogP contribution in [0.25, 0.3) is 0 Å². The van der Waals surface area contributed by atoms with Gasteiger partial charge >= 0.3 is 0 Å². The minimum Gasteiger partial charge on any atom is -0.398 e. The van der Waals surface area contributed by atoms with Crippen LogP contribution in [0.1, 0.15) is 15.9 Å². The molecule has 0 unspecified atom stereocenters. The third kappa shape index (κ3) is 3.28. The average molecular weight is 340 g/mol. The monoisotopic (exact) mass is 338 g/mol. The second-order valence-corrected chi connectivity index (χ2v) is 5.46. The highest BCUT2D eigenvalue weighted by molar-refractivity contribution is 9.10. The van der Waals surface area contributed by atoms with E-state index in [0.717, 1.165) is 10.0 Å². The maximum absolute atomic E-state index is 12.2. The maximum atomic E-state index is 12.2. The Labute approximate surface area is 124 Å². The molecule has 0 spiro atoms. The molecule has 0 atom stereocenters. The van der Waals surface area contributed by atoms with Crippen LogP contribution in [0.4, 0.5) is 11.4 Å². The number of halogens is 2. The molecule has 5 heteroatoms. The molecular formula is C14H12BrClN2O. The molecule has 0 saturated carbocycles. The Morgan fingerprint density at radius 3 is 2.74 bits per heavy atom. The zero-order valence-corrected chi connectivity index (χ0v) is 12.5. The largest absolute Gasteiger partial charge is 0.398 e. The second kappa shape index (κ2) is 5.63. The summed E-state index contributed by atoms with van der Waals surface area (Å²) < 4.78 is 0.812. The van der Waals surface area contributed by atoms with Crippen molar-refractivity contribution in [1.82, 2.24) is 0 Å². The lowest BCUT2D eigenvalue weighted by molar-refractivity contribution is 0.102. The molecule has 0 heterocycles. The van der Waals surface area contributed by atoms with Crippen LogP contribution < -0.4 is 11.1 Å². The molecule has 0 fully saturated rings. The topological polar surface area (TPSA) is 55.1 Å². The molecule has 0 aliphatic heterocycles. The summed E-state index contributed by atoms with van der Waals surface area (Å²) in [6.07, 6.45) is 0. The molecule has 0 aliphatic carbocycles. The van der Waals surface area contributed by atoms with E-state index < -0.39 is 0 Å². The van der Waals surface area contributed by atoms with E-state index in [1.165, 1.54) is 0 Å². The molecule has 19 heavy (non-hydrogen) atoms. The van der Waals surface area contributed by atoms with Gasteiger partial charge in [-0.1, -0.05) is 17.7 Å². The molecule has 1 amide bonds. The first-order valence-electron chi connectivity index (χ1n) is 5.60. The number of carbonyl (C=O) groups is 1. The van der Waals surface area contributed by atoms with Gasteiger partial charge in [0.1, 0.15) is 0 Å². The quantitative estimate of drug-likeness (QED) is 0.804. The van der Waals surface area contributed by atoms with Crippen LogP contribution in [0.3, 0.4) is 0 Å². The van der Waals surface area contributed by atoms with E-state index in [-0.39, 0.29) is 5.91 Å². The first kappa shape index (κ1) is 13.9. The smallest absolute Gasteiger partial charge is 0.257 e. The number of benzene rings is 2. The zero-order chi connectivity index (χ0) is 14.0. The SMILES string of the molecule is Cc1ccc(Br)c(NC(=O)c2cc(Cl)ccc2N)c1. The molecule has 3 N–H and O–H groups in total. The predicted molar refractivity (Wildman–Crippen MR) is 82.7 cm³/mol. The number of anilines is 2. The lowest BCUT2D eigenvalue weighted by Gasteiger charge is -2.10. The van der Waals surface area contributed by atoms with Crippen molar-refractivity contribution < 1.29 is 4.79 Å². The molecular weight excluding hydrogens is 328 g/mol. The highest BCUT2D eigenvalue weighted by Gasteiger charge is 2.12. The minimum atomic E-state index is -0.286. The molecule has 0 aromatic heterocycles. The number of rotatable bonds is 2. The number of hydrogen-bond donors (Lipinski definition) is 2. The summed E-state index contributed by atoms with van der Waals surface area (Å²) in [5.74, 6) is -0.286. The summed E-state index contributed by atoms with van der Waals surface area (Å²) in [6.45, 7) is 1.95. The molecule has 98 valence electrons. The van der Waals surface area contributed by atoms with Crippen LogP contribution in [0, 0.1) is 6.92 Å². The summed E-state index contributed by atoms with van der Waals surface area (Å²) in [5, 5.41) is 3.29. The van der Waals surface area contributed by atoms with Crippen molar-refractivity contribution in [3.63, 3.8) is 0 Å². The Bertz CT molecular complexity index is 643. The van der Waals surface area contributed by atoms with E-state index >= 15 is 0 Å². The normalized spacial score (nSPS) is 10.3. The van der Waals surface area contributed by atoms with Gasteiger partial charge in [-0.25, -0.2) is 0 Å². The van der Waals surface area contributed by atoms with Gasteiger partial charge in [0.25, 0.3) is 5.91 Å².